The zero-order valence-corrected chi connectivity index (χ0v) is 10.8. The van der Waals surface area contributed by atoms with Crippen LogP contribution in [0.2, 0.25) is 0 Å². The highest BCUT2D eigenvalue weighted by Gasteiger charge is 2.11. The van der Waals surface area contributed by atoms with Gasteiger partial charge in [0.15, 0.2) is 0 Å². The maximum atomic E-state index is 4.20. The predicted octanol–water partition coefficient (Wildman–Crippen LogP) is 1.06. The summed E-state index contributed by atoms with van der Waals surface area (Å²) < 4.78 is 6.20. The standard InChI is InChI=1S/C12H20N5/c1-4-5-6-17-10-12(13-14-17)9-16-8-7-15(3)11(16)2/h7-8,10H,4-6,9H2,1-3H3/q+1. The van der Waals surface area contributed by atoms with Crippen molar-refractivity contribution >= 4 is 0 Å². The summed E-state index contributed by atoms with van der Waals surface area (Å²) in [5, 5.41) is 8.33. The first-order valence-corrected chi connectivity index (χ1v) is 6.11. The van der Waals surface area contributed by atoms with Crippen LogP contribution in [0.15, 0.2) is 18.6 Å². The molecule has 0 aliphatic rings. The van der Waals surface area contributed by atoms with Crippen LogP contribution >= 0.6 is 0 Å². The second-order valence-corrected chi connectivity index (χ2v) is 4.41. The van der Waals surface area contributed by atoms with Crippen LogP contribution in [0.1, 0.15) is 31.3 Å². The lowest BCUT2D eigenvalue weighted by Gasteiger charge is -1.96. The van der Waals surface area contributed by atoms with Crippen molar-refractivity contribution in [2.75, 3.05) is 0 Å². The van der Waals surface area contributed by atoms with Gasteiger partial charge < -0.3 is 0 Å². The third-order valence-electron chi connectivity index (χ3n) is 3.06. The Bertz CT molecular complexity index is 483. The molecule has 0 saturated heterocycles. The van der Waals surface area contributed by atoms with E-state index in [1.165, 1.54) is 12.2 Å². The van der Waals surface area contributed by atoms with Crippen molar-refractivity contribution in [3.63, 3.8) is 0 Å². The Kier molecular flexibility index (Phi) is 3.56. The molecule has 17 heavy (non-hydrogen) atoms. The molecule has 0 aliphatic carbocycles. The summed E-state index contributed by atoms with van der Waals surface area (Å²) in [4.78, 5) is 0. The lowest BCUT2D eigenvalue weighted by Crippen LogP contribution is -2.29. The zero-order chi connectivity index (χ0) is 12.3. The summed E-state index contributed by atoms with van der Waals surface area (Å²) in [6.07, 6.45) is 8.49. The molecule has 0 unspecified atom stereocenters. The molecule has 0 saturated carbocycles. The smallest absolute Gasteiger partial charge is 0.252 e. The molecule has 0 N–H and O–H groups in total. The van der Waals surface area contributed by atoms with Crippen molar-refractivity contribution in [1.82, 2.24) is 19.6 Å². The number of unbranched alkanes of at least 4 members (excludes halogenated alkanes) is 1. The Morgan fingerprint density at radius 1 is 1.41 bits per heavy atom. The van der Waals surface area contributed by atoms with Crippen LogP contribution in [0.25, 0.3) is 0 Å². The van der Waals surface area contributed by atoms with Crippen LogP contribution in [0.3, 0.4) is 0 Å². The molecule has 0 radical (unpaired) electrons. The molecule has 2 aromatic heterocycles. The van der Waals surface area contributed by atoms with Gasteiger partial charge in [-0.3, -0.25) is 4.68 Å². The number of aryl methyl sites for hydroxylation is 2. The van der Waals surface area contributed by atoms with E-state index < -0.39 is 0 Å². The first-order chi connectivity index (χ1) is 8.20. The van der Waals surface area contributed by atoms with Crippen LogP contribution in [0.5, 0.6) is 0 Å². The van der Waals surface area contributed by atoms with Gasteiger partial charge in [-0.2, -0.15) is 0 Å². The van der Waals surface area contributed by atoms with E-state index in [0.717, 1.165) is 25.2 Å². The van der Waals surface area contributed by atoms with Crippen LogP contribution in [0, 0.1) is 6.92 Å². The fraction of sp³-hybridized carbons (Fsp3) is 0.583. The highest BCUT2D eigenvalue weighted by molar-refractivity contribution is 4.96. The maximum Gasteiger partial charge on any atom is 0.253 e. The molecule has 0 amide bonds. The van der Waals surface area contributed by atoms with E-state index in [1.54, 1.807) is 0 Å². The normalized spacial score (nSPS) is 11.0. The monoisotopic (exact) mass is 234 g/mol. The highest BCUT2D eigenvalue weighted by Crippen LogP contribution is 2.01. The van der Waals surface area contributed by atoms with Gasteiger partial charge in [0.2, 0.25) is 0 Å². The van der Waals surface area contributed by atoms with E-state index >= 15 is 0 Å². The topological polar surface area (TPSA) is 39.5 Å². The first-order valence-electron chi connectivity index (χ1n) is 6.11. The number of rotatable bonds is 5. The van der Waals surface area contributed by atoms with Gasteiger partial charge in [0.25, 0.3) is 5.82 Å². The Morgan fingerprint density at radius 3 is 2.88 bits per heavy atom. The molecule has 0 atom stereocenters. The second kappa shape index (κ2) is 5.12. The Labute approximate surface area is 102 Å². The van der Waals surface area contributed by atoms with Crippen LogP contribution < -0.4 is 4.57 Å². The molecule has 2 aromatic rings. The van der Waals surface area contributed by atoms with E-state index in [1.807, 2.05) is 17.9 Å². The summed E-state index contributed by atoms with van der Waals surface area (Å²) in [5.74, 6) is 1.22. The van der Waals surface area contributed by atoms with E-state index in [-0.39, 0.29) is 0 Å². The van der Waals surface area contributed by atoms with Crippen molar-refractivity contribution in [1.29, 1.82) is 0 Å². The SMILES string of the molecule is CCCCn1cc(Cn2cc[n+](C)c2C)nn1. The van der Waals surface area contributed by atoms with Gasteiger partial charge in [-0.25, -0.2) is 9.13 Å². The van der Waals surface area contributed by atoms with Gasteiger partial charge in [-0.15, -0.1) is 5.10 Å². The lowest BCUT2D eigenvalue weighted by molar-refractivity contribution is -0.677. The van der Waals surface area contributed by atoms with Crippen molar-refractivity contribution < 1.29 is 4.57 Å². The number of hydrogen-bond acceptors (Lipinski definition) is 2. The summed E-state index contributed by atoms with van der Waals surface area (Å²) in [6, 6.07) is 0. The van der Waals surface area contributed by atoms with Crippen molar-refractivity contribution in [3.05, 3.63) is 30.1 Å². The van der Waals surface area contributed by atoms with Crippen LogP contribution in [0.4, 0.5) is 0 Å². The molecule has 0 aromatic carbocycles. The highest BCUT2D eigenvalue weighted by atomic mass is 15.4. The zero-order valence-electron chi connectivity index (χ0n) is 10.8. The molecule has 92 valence electrons. The third kappa shape index (κ3) is 2.72. The molecule has 0 aliphatic heterocycles. The summed E-state index contributed by atoms with van der Waals surface area (Å²) in [6.45, 7) is 6.03. The van der Waals surface area contributed by atoms with Gasteiger partial charge in [-0.1, -0.05) is 18.6 Å². The average Bonchev–Trinajstić information content (AvgIpc) is 2.89. The van der Waals surface area contributed by atoms with Crippen molar-refractivity contribution in [3.8, 4) is 0 Å². The number of imidazole rings is 1. The Morgan fingerprint density at radius 2 is 2.24 bits per heavy atom. The van der Waals surface area contributed by atoms with Gasteiger partial charge in [0, 0.05) is 13.5 Å². The average molecular weight is 234 g/mol. The number of aromatic nitrogens is 5. The largest absolute Gasteiger partial charge is 0.253 e. The molecule has 2 heterocycles. The molecule has 0 fully saturated rings. The maximum absolute atomic E-state index is 4.20. The third-order valence-corrected chi connectivity index (χ3v) is 3.06. The first kappa shape index (κ1) is 11.8. The fourth-order valence-electron chi connectivity index (χ4n) is 1.78. The Balaban J connectivity index is 2.04. The number of hydrogen-bond donors (Lipinski definition) is 0. The molecule has 0 spiro atoms. The van der Waals surface area contributed by atoms with Crippen LogP contribution in [-0.4, -0.2) is 19.6 Å². The van der Waals surface area contributed by atoms with Gasteiger partial charge in [0.1, 0.15) is 24.6 Å². The second-order valence-electron chi connectivity index (χ2n) is 4.41. The van der Waals surface area contributed by atoms with Gasteiger partial charge in [-0.05, 0) is 6.42 Å². The molecule has 2 rings (SSSR count). The quantitative estimate of drug-likeness (QED) is 0.726. The summed E-state index contributed by atoms with van der Waals surface area (Å²) in [5.41, 5.74) is 1.01. The van der Waals surface area contributed by atoms with Crippen molar-refractivity contribution in [2.45, 2.75) is 39.8 Å². The van der Waals surface area contributed by atoms with Gasteiger partial charge in [0.05, 0.1) is 13.2 Å². The molecule has 5 heteroatoms. The predicted molar refractivity (Wildman–Crippen MR) is 64.4 cm³/mol. The summed E-state index contributed by atoms with van der Waals surface area (Å²) in [7, 11) is 2.05. The minimum Gasteiger partial charge on any atom is -0.252 e. The minimum absolute atomic E-state index is 0.790. The van der Waals surface area contributed by atoms with E-state index in [0.29, 0.717) is 0 Å². The summed E-state index contributed by atoms with van der Waals surface area (Å²) >= 11 is 0. The van der Waals surface area contributed by atoms with E-state index in [2.05, 4.69) is 45.7 Å². The molecular formula is C12H20N5+. The van der Waals surface area contributed by atoms with E-state index in [9.17, 15) is 0 Å². The fourth-order valence-corrected chi connectivity index (χ4v) is 1.78. The van der Waals surface area contributed by atoms with Crippen molar-refractivity contribution in [2.24, 2.45) is 7.05 Å². The number of nitrogens with zero attached hydrogens (tertiary/aromatic N) is 5. The van der Waals surface area contributed by atoms with E-state index in [4.69, 9.17) is 0 Å². The van der Waals surface area contributed by atoms with Crippen LogP contribution in [-0.2, 0) is 20.1 Å². The Hall–Kier alpha value is -1.65. The van der Waals surface area contributed by atoms with Gasteiger partial charge >= 0.3 is 0 Å². The lowest BCUT2D eigenvalue weighted by atomic mass is 10.3. The molecule has 5 nitrogen and oxygen atoms in total. The minimum atomic E-state index is 0.790. The molecular weight excluding hydrogens is 214 g/mol. The molecule has 0 bridgehead atoms.